The molecular weight excluding hydrogens is 505 g/mol. The number of benzene rings is 2. The fourth-order valence-electron chi connectivity index (χ4n) is 4.95. The van der Waals surface area contributed by atoms with Crippen molar-refractivity contribution in [2.24, 2.45) is 0 Å². The van der Waals surface area contributed by atoms with E-state index in [2.05, 4.69) is 91.8 Å². The van der Waals surface area contributed by atoms with Gasteiger partial charge in [0, 0.05) is 0 Å². The van der Waals surface area contributed by atoms with Crippen LogP contribution in [0.4, 0.5) is 16.2 Å². The van der Waals surface area contributed by atoms with E-state index in [0.29, 0.717) is 0 Å². The number of hydrogen-bond donors (Lipinski definition) is 2. The fourth-order valence-corrected chi connectivity index (χ4v) is 7.06. The molecule has 0 unspecified atom stereocenters. The molecule has 3 heterocycles. The Labute approximate surface area is 210 Å². The Morgan fingerprint density at radius 3 is 2.46 bits per heavy atom. The second kappa shape index (κ2) is 8.08. The van der Waals surface area contributed by atoms with Gasteiger partial charge in [0.2, 0.25) is 0 Å². The first-order chi connectivity index (χ1) is 16.5. The van der Waals surface area contributed by atoms with Crippen molar-refractivity contribution in [3.8, 4) is 0 Å². The first-order valence-corrected chi connectivity index (χ1v) is 13.3. The number of anilines is 2. The summed E-state index contributed by atoms with van der Waals surface area (Å²) in [4.78, 5) is 39.6. The SMILES string of the molecule is CN1C(=O)NC(=O)/C(=C/c2cc(C(C)(C)c3cccc4c3Nc3ccccc3C4(C)C)c[se]2)C1=O. The molecule has 1 aromatic heterocycles. The topological polar surface area (TPSA) is 78.5 Å². The number of rotatable bonds is 3. The van der Waals surface area contributed by atoms with Crippen molar-refractivity contribution in [3.05, 3.63) is 85.7 Å². The summed E-state index contributed by atoms with van der Waals surface area (Å²) in [5.74, 6) is -1.23. The Bertz CT molecular complexity index is 1430. The average Bonchev–Trinajstić information content (AvgIpc) is 3.30. The predicted molar refractivity (Wildman–Crippen MR) is 138 cm³/mol. The molecule has 0 bridgehead atoms. The number of hydrogen-bond acceptors (Lipinski definition) is 4. The van der Waals surface area contributed by atoms with Crippen LogP contribution in [0, 0.1) is 0 Å². The normalized spacial score (nSPS) is 18.1. The third-order valence-corrected chi connectivity index (χ3v) is 9.05. The van der Waals surface area contributed by atoms with E-state index < -0.39 is 17.8 Å². The van der Waals surface area contributed by atoms with E-state index in [1.54, 1.807) is 6.08 Å². The molecule has 2 aliphatic heterocycles. The zero-order valence-corrected chi connectivity index (χ0v) is 22.1. The number of nitrogens with zero attached hydrogens (tertiary/aromatic N) is 1. The number of imide groups is 2. The maximum atomic E-state index is 12.5. The number of nitrogens with one attached hydrogen (secondary N) is 2. The molecule has 178 valence electrons. The quantitative estimate of drug-likeness (QED) is 0.295. The van der Waals surface area contributed by atoms with Gasteiger partial charge in [-0.1, -0.05) is 0 Å². The first-order valence-electron chi connectivity index (χ1n) is 11.5. The van der Waals surface area contributed by atoms with E-state index in [1.165, 1.54) is 23.7 Å². The number of carbonyl (C=O) groups is 3. The van der Waals surface area contributed by atoms with Crippen LogP contribution in [0.1, 0.15) is 54.4 Å². The molecule has 6 nitrogen and oxygen atoms in total. The Morgan fingerprint density at radius 2 is 1.69 bits per heavy atom. The molecule has 4 amide bonds. The number of urea groups is 1. The van der Waals surface area contributed by atoms with Gasteiger partial charge in [-0.3, -0.25) is 0 Å². The summed E-state index contributed by atoms with van der Waals surface area (Å²) in [7, 11) is 1.37. The van der Waals surface area contributed by atoms with Crippen LogP contribution in [-0.2, 0) is 20.4 Å². The average molecular weight is 533 g/mol. The molecule has 1 saturated heterocycles. The van der Waals surface area contributed by atoms with Gasteiger partial charge in [0.25, 0.3) is 0 Å². The monoisotopic (exact) mass is 533 g/mol. The van der Waals surface area contributed by atoms with Crippen LogP contribution in [-0.4, -0.2) is 44.3 Å². The molecule has 7 heteroatoms. The molecule has 0 radical (unpaired) electrons. The number of barbiturate groups is 1. The van der Waals surface area contributed by atoms with Crippen LogP contribution in [0.3, 0.4) is 0 Å². The van der Waals surface area contributed by atoms with Crippen LogP contribution >= 0.6 is 0 Å². The molecule has 0 saturated carbocycles. The van der Waals surface area contributed by atoms with E-state index in [0.717, 1.165) is 26.3 Å². The van der Waals surface area contributed by atoms with Crippen LogP contribution < -0.4 is 10.6 Å². The minimum atomic E-state index is -0.700. The molecule has 1 fully saturated rings. The summed E-state index contributed by atoms with van der Waals surface area (Å²) in [6.45, 7) is 8.94. The van der Waals surface area contributed by atoms with Crippen molar-refractivity contribution in [1.29, 1.82) is 0 Å². The number of fused-ring (bicyclic) bond motifs is 2. The van der Waals surface area contributed by atoms with Crippen LogP contribution in [0.2, 0.25) is 0 Å². The van der Waals surface area contributed by atoms with Crippen molar-refractivity contribution in [1.82, 2.24) is 10.2 Å². The van der Waals surface area contributed by atoms with Gasteiger partial charge in [0.1, 0.15) is 0 Å². The van der Waals surface area contributed by atoms with Crippen LogP contribution in [0.25, 0.3) is 6.08 Å². The van der Waals surface area contributed by atoms with Crippen LogP contribution in [0.15, 0.2) is 59.0 Å². The van der Waals surface area contributed by atoms with Gasteiger partial charge in [0.15, 0.2) is 0 Å². The molecule has 3 aromatic rings. The van der Waals surface area contributed by atoms with E-state index in [4.69, 9.17) is 0 Å². The number of para-hydroxylation sites is 2. The van der Waals surface area contributed by atoms with Gasteiger partial charge >= 0.3 is 211 Å². The first kappa shape index (κ1) is 23.3. The number of carbonyl (C=O) groups excluding carboxylic acids is 3. The second-order valence-electron chi connectivity index (χ2n) is 10.1. The number of amides is 4. The van der Waals surface area contributed by atoms with E-state index in [9.17, 15) is 14.4 Å². The third kappa shape index (κ3) is 3.67. The minimum absolute atomic E-state index is 0.00945. The van der Waals surface area contributed by atoms with Gasteiger partial charge in [-0.15, -0.1) is 0 Å². The van der Waals surface area contributed by atoms with Crippen molar-refractivity contribution in [2.45, 2.75) is 38.5 Å². The molecule has 0 spiro atoms. The van der Waals surface area contributed by atoms with Crippen molar-refractivity contribution >= 4 is 49.8 Å². The zero-order chi connectivity index (χ0) is 25.1. The van der Waals surface area contributed by atoms with Crippen molar-refractivity contribution in [2.75, 3.05) is 12.4 Å². The Morgan fingerprint density at radius 1 is 0.971 bits per heavy atom. The Kier molecular flexibility index (Phi) is 5.38. The van der Waals surface area contributed by atoms with Crippen LogP contribution in [0.5, 0.6) is 0 Å². The summed E-state index contributed by atoms with van der Waals surface area (Å²) < 4.78 is 0.922. The van der Waals surface area contributed by atoms with E-state index in [-0.39, 0.29) is 30.9 Å². The summed E-state index contributed by atoms with van der Waals surface area (Å²) >= 11 is -0.0334. The van der Waals surface area contributed by atoms with Gasteiger partial charge in [-0.25, -0.2) is 0 Å². The summed E-state index contributed by atoms with van der Waals surface area (Å²) in [6.07, 6.45) is 1.62. The van der Waals surface area contributed by atoms with Crippen molar-refractivity contribution < 1.29 is 14.4 Å². The maximum absolute atomic E-state index is 12.5. The van der Waals surface area contributed by atoms with Gasteiger partial charge in [-0.2, -0.15) is 0 Å². The Hall–Kier alpha value is -3.41. The molecular formula is C28H27N3O3Se. The molecule has 2 aliphatic rings. The van der Waals surface area contributed by atoms with Gasteiger partial charge in [-0.05, 0) is 0 Å². The van der Waals surface area contributed by atoms with Crippen molar-refractivity contribution in [3.63, 3.8) is 0 Å². The van der Waals surface area contributed by atoms with Gasteiger partial charge < -0.3 is 0 Å². The number of likely N-dealkylation sites (N-methyl/N-ethyl adjacent to an activating group) is 1. The predicted octanol–water partition coefficient (Wildman–Crippen LogP) is 4.54. The molecule has 5 rings (SSSR count). The summed E-state index contributed by atoms with van der Waals surface area (Å²) in [6, 6.07) is 16.3. The summed E-state index contributed by atoms with van der Waals surface area (Å²) in [5.41, 5.74) is 6.68. The van der Waals surface area contributed by atoms with Gasteiger partial charge in [0.05, 0.1) is 0 Å². The standard InChI is InChI=1S/C28H27N3O3Se/c1-27(2,16-13-17(35-15-16)14-18-24(32)30-26(34)31(5)25(18)33)20-10-8-11-21-23(20)29-22-12-7-6-9-19(22)28(21,3)4/h6-15,29H,1-5H3,(H,30,32,34)/b18-14-. The molecule has 0 aliphatic carbocycles. The van der Waals surface area contributed by atoms with E-state index >= 15 is 0 Å². The van der Waals surface area contributed by atoms with E-state index in [1.807, 2.05) is 0 Å². The molecule has 2 N–H and O–H groups in total. The third-order valence-electron chi connectivity index (χ3n) is 7.20. The zero-order valence-electron chi connectivity index (χ0n) is 20.4. The Balaban J connectivity index is 1.54. The molecule has 2 aromatic carbocycles. The fraction of sp³-hybridized carbons (Fsp3) is 0.250. The molecule has 0 atom stereocenters. The second-order valence-corrected chi connectivity index (χ2v) is 12.0. The summed E-state index contributed by atoms with van der Waals surface area (Å²) in [5, 5.41) is 5.92. The molecule has 35 heavy (non-hydrogen) atoms.